The summed E-state index contributed by atoms with van der Waals surface area (Å²) in [6.07, 6.45) is 2.92. The summed E-state index contributed by atoms with van der Waals surface area (Å²) in [4.78, 5) is 20.9. The van der Waals surface area contributed by atoms with E-state index in [-0.39, 0.29) is 0 Å². The summed E-state index contributed by atoms with van der Waals surface area (Å²) in [6, 6.07) is 1.10. The lowest BCUT2D eigenvalue weighted by Crippen LogP contribution is -2.08. The lowest BCUT2D eigenvalue weighted by Gasteiger charge is -1.97. The van der Waals surface area contributed by atoms with Crippen molar-refractivity contribution in [2.45, 2.75) is 12.5 Å². The van der Waals surface area contributed by atoms with E-state index in [1.165, 1.54) is 0 Å². The summed E-state index contributed by atoms with van der Waals surface area (Å²) >= 11 is 0. The van der Waals surface area contributed by atoms with Gasteiger partial charge < -0.3 is 10.5 Å². The molecule has 0 heterocycles. The second-order valence-corrected chi connectivity index (χ2v) is 3.26. The molecule has 68 valence electrons. The van der Waals surface area contributed by atoms with Crippen molar-refractivity contribution in [3.05, 3.63) is 12.2 Å². The van der Waals surface area contributed by atoms with Gasteiger partial charge in [0.1, 0.15) is 0 Å². The Morgan fingerprint density at radius 2 is 2.08 bits per heavy atom. The fraction of sp³-hybridized carbons (Fsp3) is 0.429. The van der Waals surface area contributed by atoms with Gasteiger partial charge in [0.05, 0.1) is 6.61 Å². The first-order chi connectivity index (χ1) is 5.66. The minimum atomic E-state index is -0.644. The molecule has 0 fully saturated rings. The number of rotatable bonds is 5. The Kier molecular flexibility index (Phi) is 5.99. The van der Waals surface area contributed by atoms with Gasteiger partial charge in [-0.25, -0.2) is 4.79 Å². The van der Waals surface area contributed by atoms with E-state index in [0.717, 1.165) is 34.9 Å². The Hall–Kier alpha value is -1.10. The van der Waals surface area contributed by atoms with Crippen LogP contribution in [0, 0.1) is 0 Å². The highest BCUT2D eigenvalue weighted by molar-refractivity contribution is 6.08. The number of hydrogen-bond donors (Lipinski definition) is 1. The van der Waals surface area contributed by atoms with E-state index >= 15 is 0 Å². The quantitative estimate of drug-likeness (QED) is 0.253. The van der Waals surface area contributed by atoms with E-state index in [4.69, 9.17) is 10.5 Å². The normalized spacial score (nSPS) is 10.3. The average Bonchev–Trinajstić information content (AvgIpc) is 2.01. The second kappa shape index (κ2) is 6.60. The predicted molar refractivity (Wildman–Crippen MR) is 48.7 cm³/mol. The molecule has 0 rings (SSSR count). The molecule has 0 aromatic rings. The zero-order chi connectivity index (χ0) is 9.40. The molecule has 0 saturated heterocycles. The third kappa shape index (κ3) is 7.01. The molecular weight excluding hydrogens is 174 g/mol. The highest BCUT2D eigenvalue weighted by atomic mass is 28.1. The third-order valence-corrected chi connectivity index (χ3v) is 1.83. The molecule has 0 aliphatic heterocycles. The van der Waals surface area contributed by atoms with Gasteiger partial charge in [0.25, 0.3) is 0 Å². The van der Waals surface area contributed by atoms with Crippen LogP contribution in [0.1, 0.15) is 6.42 Å². The van der Waals surface area contributed by atoms with Crippen molar-refractivity contribution < 1.29 is 14.3 Å². The SMILES string of the molecule is NC(=O)/C=C\C(=O)OCCC[SiH3]. The number of primary amides is 1. The zero-order valence-electron chi connectivity index (χ0n) is 7.08. The van der Waals surface area contributed by atoms with Crippen LogP contribution in [0.15, 0.2) is 12.2 Å². The molecule has 12 heavy (non-hydrogen) atoms. The number of ether oxygens (including phenoxy) is 1. The molecule has 4 nitrogen and oxygen atoms in total. The zero-order valence-corrected chi connectivity index (χ0v) is 9.08. The van der Waals surface area contributed by atoms with E-state index in [1.54, 1.807) is 0 Å². The highest BCUT2D eigenvalue weighted by Crippen LogP contribution is 1.88. The first kappa shape index (κ1) is 10.9. The maximum atomic E-state index is 10.7. The maximum Gasteiger partial charge on any atom is 0.330 e. The molecule has 0 atom stereocenters. The summed E-state index contributed by atoms with van der Waals surface area (Å²) in [6.45, 7) is 0.422. The molecule has 0 radical (unpaired) electrons. The minimum Gasteiger partial charge on any atom is -0.463 e. The van der Waals surface area contributed by atoms with Crippen LogP contribution in [0.5, 0.6) is 0 Å². The predicted octanol–water partition coefficient (Wildman–Crippen LogP) is -1.26. The van der Waals surface area contributed by atoms with E-state index in [0.29, 0.717) is 6.61 Å². The van der Waals surface area contributed by atoms with Crippen molar-refractivity contribution in [1.82, 2.24) is 0 Å². The number of carbonyl (C=O) groups excluding carboxylic acids is 2. The molecule has 0 saturated carbocycles. The molecule has 0 bridgehead atoms. The van der Waals surface area contributed by atoms with Crippen molar-refractivity contribution in [2.24, 2.45) is 5.73 Å². The van der Waals surface area contributed by atoms with Gasteiger partial charge in [-0.15, -0.1) is 0 Å². The summed E-state index contributed by atoms with van der Waals surface area (Å²) in [5.41, 5.74) is 4.77. The molecule has 0 aliphatic carbocycles. The van der Waals surface area contributed by atoms with Crippen LogP contribution < -0.4 is 5.73 Å². The van der Waals surface area contributed by atoms with Crippen molar-refractivity contribution in [3.8, 4) is 0 Å². The van der Waals surface area contributed by atoms with Gasteiger partial charge in [0.2, 0.25) is 5.91 Å². The Bertz CT molecular complexity index is 191. The minimum absolute atomic E-state index is 0.422. The van der Waals surface area contributed by atoms with Gasteiger partial charge in [-0.05, 0) is 6.42 Å². The van der Waals surface area contributed by atoms with Gasteiger partial charge in [0.15, 0.2) is 0 Å². The van der Waals surface area contributed by atoms with Crippen LogP contribution >= 0.6 is 0 Å². The van der Waals surface area contributed by atoms with Gasteiger partial charge >= 0.3 is 5.97 Å². The van der Waals surface area contributed by atoms with Crippen LogP contribution in [-0.2, 0) is 14.3 Å². The van der Waals surface area contributed by atoms with Gasteiger partial charge in [-0.2, -0.15) is 0 Å². The van der Waals surface area contributed by atoms with Crippen LogP contribution in [0.2, 0.25) is 6.04 Å². The van der Waals surface area contributed by atoms with Crippen LogP contribution in [-0.4, -0.2) is 28.7 Å². The molecule has 0 aromatic carbocycles. The summed E-state index contributed by atoms with van der Waals surface area (Å²) in [5.74, 6) is -1.15. The van der Waals surface area contributed by atoms with Gasteiger partial charge in [0, 0.05) is 22.4 Å². The van der Waals surface area contributed by atoms with E-state index in [1.807, 2.05) is 0 Å². The molecule has 0 aliphatic rings. The fourth-order valence-corrected chi connectivity index (χ4v) is 0.804. The second-order valence-electron chi connectivity index (χ2n) is 2.26. The lowest BCUT2D eigenvalue weighted by molar-refractivity contribution is -0.137. The number of amides is 1. The monoisotopic (exact) mass is 187 g/mol. The molecule has 5 heteroatoms. The number of esters is 1. The molecule has 0 spiro atoms. The number of hydrogen-bond acceptors (Lipinski definition) is 3. The first-order valence-electron chi connectivity index (χ1n) is 3.81. The van der Waals surface area contributed by atoms with Crippen molar-refractivity contribution in [2.75, 3.05) is 6.61 Å². The van der Waals surface area contributed by atoms with Crippen LogP contribution in [0.3, 0.4) is 0 Å². The van der Waals surface area contributed by atoms with E-state index in [9.17, 15) is 9.59 Å². The molecule has 2 N–H and O–H groups in total. The topological polar surface area (TPSA) is 69.4 Å². The Balaban J connectivity index is 3.53. The fourth-order valence-electron chi connectivity index (χ4n) is 0.515. The first-order valence-corrected chi connectivity index (χ1v) is 5.22. The van der Waals surface area contributed by atoms with E-state index < -0.39 is 11.9 Å². The van der Waals surface area contributed by atoms with Crippen molar-refractivity contribution in [3.63, 3.8) is 0 Å². The highest BCUT2D eigenvalue weighted by Gasteiger charge is 1.95. The van der Waals surface area contributed by atoms with E-state index in [2.05, 4.69) is 0 Å². The number of nitrogens with two attached hydrogens (primary N) is 1. The molecule has 0 unspecified atom stereocenters. The van der Waals surface area contributed by atoms with Crippen molar-refractivity contribution >= 4 is 22.1 Å². The lowest BCUT2D eigenvalue weighted by atomic mass is 10.5. The summed E-state index contributed by atoms with van der Waals surface area (Å²) in [7, 11) is 1.12. The maximum absolute atomic E-state index is 10.7. The van der Waals surface area contributed by atoms with Crippen LogP contribution in [0.4, 0.5) is 0 Å². The smallest absolute Gasteiger partial charge is 0.330 e. The summed E-state index contributed by atoms with van der Waals surface area (Å²) in [5, 5.41) is 0. The summed E-state index contributed by atoms with van der Waals surface area (Å²) < 4.78 is 4.72. The van der Waals surface area contributed by atoms with Gasteiger partial charge in [-0.3, -0.25) is 4.79 Å². The van der Waals surface area contributed by atoms with Crippen molar-refractivity contribution in [1.29, 1.82) is 0 Å². The van der Waals surface area contributed by atoms with Crippen LogP contribution in [0.25, 0.3) is 0 Å². The molecule has 0 aromatic heterocycles. The Morgan fingerprint density at radius 3 is 2.58 bits per heavy atom. The average molecular weight is 187 g/mol. The Labute approximate surface area is 74.2 Å². The number of carbonyl (C=O) groups is 2. The Morgan fingerprint density at radius 1 is 1.42 bits per heavy atom. The largest absolute Gasteiger partial charge is 0.463 e. The third-order valence-electron chi connectivity index (χ3n) is 1.13. The molecular formula is C7H13NO3Si. The standard InChI is InChI=1S/C7H13NO3Si/c8-6(9)2-3-7(10)11-4-1-5-12/h2-3H,1,4-5H2,12H3,(H2,8,9)/b3-2-. The molecule has 1 amide bonds. The van der Waals surface area contributed by atoms with Gasteiger partial charge in [-0.1, -0.05) is 6.04 Å².